The monoisotopic (exact) mass is 383 g/mol. The van der Waals surface area contributed by atoms with E-state index >= 15 is 0 Å². The molecule has 0 aliphatic rings. The zero-order valence-corrected chi connectivity index (χ0v) is 16.8. The van der Waals surface area contributed by atoms with Crippen molar-refractivity contribution in [2.75, 3.05) is 39.2 Å². The van der Waals surface area contributed by atoms with Crippen molar-refractivity contribution in [3.05, 3.63) is 29.6 Å². The van der Waals surface area contributed by atoms with Crippen LogP contribution in [-0.2, 0) is 4.79 Å². The fourth-order valence-corrected chi connectivity index (χ4v) is 3.22. The van der Waals surface area contributed by atoms with Gasteiger partial charge in [-0.25, -0.2) is 4.98 Å². The number of aromatic nitrogens is 1. The van der Waals surface area contributed by atoms with Gasteiger partial charge in [-0.1, -0.05) is 6.92 Å². The number of carbonyl (C=O) groups is 1. The van der Waals surface area contributed by atoms with Crippen molar-refractivity contribution >= 4 is 34.8 Å². The zero-order valence-electron chi connectivity index (χ0n) is 15.2. The SMILES string of the molecule is CCC(=O)N(CCCN(C)C)c1nc(-c2ccc(OC)cc2)cs1.Cl. The molecule has 0 N–H and O–H groups in total. The molecular formula is C18H26ClN3O2S. The van der Waals surface area contributed by atoms with Gasteiger partial charge < -0.3 is 9.64 Å². The molecule has 25 heavy (non-hydrogen) atoms. The molecule has 7 heteroatoms. The first-order chi connectivity index (χ1) is 11.5. The van der Waals surface area contributed by atoms with Crippen LogP contribution in [0, 0.1) is 0 Å². The van der Waals surface area contributed by atoms with Gasteiger partial charge in [0.15, 0.2) is 5.13 Å². The first kappa shape index (κ1) is 21.4. The van der Waals surface area contributed by atoms with Gasteiger partial charge in [0, 0.05) is 23.9 Å². The van der Waals surface area contributed by atoms with Gasteiger partial charge in [-0.05, 0) is 51.3 Å². The molecule has 1 heterocycles. The number of halogens is 1. The van der Waals surface area contributed by atoms with Crippen molar-refractivity contribution < 1.29 is 9.53 Å². The van der Waals surface area contributed by atoms with Crippen LogP contribution in [0.5, 0.6) is 5.75 Å². The second-order valence-corrected chi connectivity index (χ2v) is 6.64. The van der Waals surface area contributed by atoms with Crippen molar-refractivity contribution in [2.45, 2.75) is 19.8 Å². The lowest BCUT2D eigenvalue weighted by molar-refractivity contribution is -0.118. The van der Waals surface area contributed by atoms with Gasteiger partial charge in [0.1, 0.15) is 5.75 Å². The summed E-state index contributed by atoms with van der Waals surface area (Å²) >= 11 is 1.51. The number of carbonyl (C=O) groups excluding carboxylic acids is 1. The maximum Gasteiger partial charge on any atom is 0.228 e. The summed E-state index contributed by atoms with van der Waals surface area (Å²) in [5.41, 5.74) is 1.91. The molecule has 0 saturated carbocycles. The third kappa shape index (κ3) is 5.99. The van der Waals surface area contributed by atoms with Crippen molar-refractivity contribution in [3.8, 4) is 17.0 Å². The van der Waals surface area contributed by atoms with E-state index in [0.717, 1.165) is 35.1 Å². The highest BCUT2D eigenvalue weighted by molar-refractivity contribution is 7.14. The Morgan fingerprint density at radius 1 is 1.20 bits per heavy atom. The average Bonchev–Trinajstić information content (AvgIpc) is 3.07. The molecule has 0 fully saturated rings. The molecule has 0 aliphatic heterocycles. The number of ether oxygens (including phenoxy) is 1. The standard InChI is InChI=1S/C18H25N3O2S.ClH/c1-5-17(22)21(12-6-11-20(2)3)18-19-16(13-24-18)14-7-9-15(23-4)10-8-14;/h7-10,13H,5-6,11-12H2,1-4H3;1H. The molecule has 1 aromatic heterocycles. The third-order valence-electron chi connectivity index (χ3n) is 3.70. The molecule has 0 saturated heterocycles. The molecule has 0 radical (unpaired) electrons. The largest absolute Gasteiger partial charge is 0.497 e. The molecule has 138 valence electrons. The van der Waals surface area contributed by atoms with E-state index in [9.17, 15) is 4.79 Å². The summed E-state index contributed by atoms with van der Waals surface area (Å²) in [6.45, 7) is 3.53. The van der Waals surface area contributed by atoms with Crippen LogP contribution in [0.25, 0.3) is 11.3 Å². The van der Waals surface area contributed by atoms with Crippen LogP contribution >= 0.6 is 23.7 Å². The van der Waals surface area contributed by atoms with Gasteiger partial charge >= 0.3 is 0 Å². The minimum Gasteiger partial charge on any atom is -0.497 e. The number of hydrogen-bond acceptors (Lipinski definition) is 5. The molecule has 0 spiro atoms. The summed E-state index contributed by atoms with van der Waals surface area (Å²) in [6, 6.07) is 7.80. The number of thiazole rings is 1. The van der Waals surface area contributed by atoms with Gasteiger partial charge in [-0.3, -0.25) is 9.69 Å². The lowest BCUT2D eigenvalue weighted by Gasteiger charge is -2.20. The smallest absolute Gasteiger partial charge is 0.228 e. The fourth-order valence-electron chi connectivity index (χ4n) is 2.35. The Morgan fingerprint density at radius 3 is 2.44 bits per heavy atom. The van der Waals surface area contributed by atoms with E-state index in [-0.39, 0.29) is 18.3 Å². The summed E-state index contributed by atoms with van der Waals surface area (Å²) in [5.74, 6) is 0.935. The Hall–Kier alpha value is -1.63. The van der Waals surface area contributed by atoms with Crippen LogP contribution in [0.1, 0.15) is 19.8 Å². The number of nitrogens with zero attached hydrogens (tertiary/aromatic N) is 3. The maximum atomic E-state index is 12.3. The number of hydrogen-bond donors (Lipinski definition) is 0. The van der Waals surface area contributed by atoms with Gasteiger partial charge in [0.25, 0.3) is 0 Å². The van der Waals surface area contributed by atoms with E-state index in [1.807, 2.05) is 50.7 Å². The van der Waals surface area contributed by atoms with E-state index in [1.165, 1.54) is 11.3 Å². The molecular weight excluding hydrogens is 358 g/mol. The number of amides is 1. The second kappa shape index (κ2) is 10.4. The van der Waals surface area contributed by atoms with Gasteiger partial charge in [0.2, 0.25) is 5.91 Å². The van der Waals surface area contributed by atoms with E-state index in [1.54, 1.807) is 12.0 Å². The van der Waals surface area contributed by atoms with Crippen LogP contribution in [0.15, 0.2) is 29.6 Å². The maximum absolute atomic E-state index is 12.3. The third-order valence-corrected chi connectivity index (χ3v) is 4.56. The topological polar surface area (TPSA) is 45.7 Å². The summed E-state index contributed by atoms with van der Waals surface area (Å²) in [5, 5.41) is 2.77. The van der Waals surface area contributed by atoms with Crippen molar-refractivity contribution in [1.82, 2.24) is 9.88 Å². The lowest BCUT2D eigenvalue weighted by atomic mass is 10.2. The Labute approximate surface area is 160 Å². The van der Waals surface area contributed by atoms with E-state index in [4.69, 9.17) is 4.74 Å². The van der Waals surface area contributed by atoms with Crippen LogP contribution in [0.4, 0.5) is 5.13 Å². The molecule has 2 rings (SSSR count). The van der Waals surface area contributed by atoms with Crippen molar-refractivity contribution in [3.63, 3.8) is 0 Å². The molecule has 1 amide bonds. The Bertz CT molecular complexity index is 659. The molecule has 2 aromatic rings. The molecule has 0 bridgehead atoms. The zero-order chi connectivity index (χ0) is 17.5. The Balaban J connectivity index is 0.00000312. The minimum atomic E-state index is 0. The minimum absolute atomic E-state index is 0. The van der Waals surface area contributed by atoms with Crippen molar-refractivity contribution in [1.29, 1.82) is 0 Å². The Kier molecular flexibility index (Phi) is 8.89. The summed E-state index contributed by atoms with van der Waals surface area (Å²) < 4.78 is 5.18. The van der Waals surface area contributed by atoms with Crippen LogP contribution in [-0.4, -0.2) is 50.1 Å². The van der Waals surface area contributed by atoms with E-state index < -0.39 is 0 Å². The van der Waals surface area contributed by atoms with Gasteiger partial charge in [-0.2, -0.15) is 0 Å². The van der Waals surface area contributed by atoms with Crippen LogP contribution in [0.3, 0.4) is 0 Å². The highest BCUT2D eigenvalue weighted by Gasteiger charge is 2.17. The molecule has 0 atom stereocenters. The van der Waals surface area contributed by atoms with Crippen LogP contribution < -0.4 is 9.64 Å². The number of methoxy groups -OCH3 is 1. The number of rotatable bonds is 8. The van der Waals surface area contributed by atoms with Gasteiger partial charge in [0.05, 0.1) is 12.8 Å². The second-order valence-electron chi connectivity index (χ2n) is 5.80. The van der Waals surface area contributed by atoms with E-state index in [0.29, 0.717) is 13.0 Å². The van der Waals surface area contributed by atoms with Crippen molar-refractivity contribution in [2.24, 2.45) is 0 Å². The molecule has 1 aromatic carbocycles. The lowest BCUT2D eigenvalue weighted by Crippen LogP contribution is -2.32. The number of benzene rings is 1. The quantitative estimate of drug-likeness (QED) is 0.692. The van der Waals surface area contributed by atoms with E-state index in [2.05, 4.69) is 9.88 Å². The highest BCUT2D eigenvalue weighted by Crippen LogP contribution is 2.29. The summed E-state index contributed by atoms with van der Waals surface area (Å²) in [4.78, 5) is 20.9. The Morgan fingerprint density at radius 2 is 1.88 bits per heavy atom. The first-order valence-electron chi connectivity index (χ1n) is 8.10. The number of anilines is 1. The molecule has 0 unspecified atom stereocenters. The first-order valence-corrected chi connectivity index (χ1v) is 8.98. The van der Waals surface area contributed by atoms with Crippen LogP contribution in [0.2, 0.25) is 0 Å². The predicted molar refractivity (Wildman–Crippen MR) is 107 cm³/mol. The van der Waals surface area contributed by atoms with Gasteiger partial charge in [-0.15, -0.1) is 23.7 Å². The average molecular weight is 384 g/mol. The molecule has 0 aliphatic carbocycles. The summed E-state index contributed by atoms with van der Waals surface area (Å²) in [6.07, 6.45) is 1.41. The summed E-state index contributed by atoms with van der Waals surface area (Å²) in [7, 11) is 5.73. The highest BCUT2D eigenvalue weighted by atomic mass is 35.5. The molecule has 5 nitrogen and oxygen atoms in total. The normalized spacial score (nSPS) is 10.4. The fraction of sp³-hybridized carbons (Fsp3) is 0.444. The predicted octanol–water partition coefficient (Wildman–Crippen LogP) is 3.94.